The Morgan fingerprint density at radius 2 is 2.32 bits per heavy atom. The molecule has 5 nitrogen and oxygen atoms in total. The lowest BCUT2D eigenvalue weighted by Crippen LogP contribution is -2.07. The molecule has 0 aliphatic rings. The Bertz CT molecular complexity index is 627. The summed E-state index contributed by atoms with van der Waals surface area (Å²) >= 11 is 9.38. The van der Waals surface area contributed by atoms with Crippen LogP contribution in [-0.4, -0.2) is 17.6 Å². The van der Waals surface area contributed by atoms with Crippen molar-refractivity contribution in [1.82, 2.24) is 4.98 Å². The molecule has 0 unspecified atom stereocenters. The summed E-state index contributed by atoms with van der Waals surface area (Å²) in [4.78, 5) is 15.6. The highest BCUT2D eigenvalue weighted by atomic mass is 79.9. The van der Waals surface area contributed by atoms with Gasteiger partial charge in [0, 0.05) is 4.47 Å². The lowest BCUT2D eigenvalue weighted by Gasteiger charge is -1.99. The number of carbonyl (C=O) groups excluding carboxylic acids is 1. The molecule has 0 saturated carbocycles. The number of oxazole rings is 1. The van der Waals surface area contributed by atoms with Crippen LogP contribution in [0.5, 0.6) is 0 Å². The number of rotatable bonds is 3. The Balaban J connectivity index is 2.42. The van der Waals surface area contributed by atoms with Crippen LogP contribution in [0.2, 0.25) is 5.02 Å². The van der Waals surface area contributed by atoms with E-state index in [4.69, 9.17) is 26.5 Å². The van der Waals surface area contributed by atoms with E-state index in [-0.39, 0.29) is 24.1 Å². The van der Waals surface area contributed by atoms with Gasteiger partial charge in [-0.3, -0.25) is 0 Å². The quantitative estimate of drug-likeness (QED) is 0.861. The number of esters is 1. The second-order valence-electron chi connectivity index (χ2n) is 3.58. The number of ether oxygens (including phenoxy) is 1. The monoisotopic (exact) mass is 344 g/mol. The summed E-state index contributed by atoms with van der Waals surface area (Å²) in [5.74, 6) is -0.534. The highest BCUT2D eigenvalue weighted by molar-refractivity contribution is 9.10. The zero-order valence-electron chi connectivity index (χ0n) is 9.94. The van der Waals surface area contributed by atoms with Crippen LogP contribution in [0.3, 0.4) is 0 Å². The predicted molar refractivity (Wildman–Crippen MR) is 75.0 cm³/mol. The van der Waals surface area contributed by atoms with E-state index in [1.807, 2.05) is 0 Å². The van der Waals surface area contributed by atoms with Gasteiger partial charge in [0.15, 0.2) is 0 Å². The predicted octanol–water partition coefficient (Wildman–Crippen LogP) is 3.52. The molecule has 100 valence electrons. The minimum absolute atomic E-state index is 0.0455. The number of halogens is 2. The fourth-order valence-electron chi connectivity index (χ4n) is 1.46. The Labute approximate surface area is 122 Å². The van der Waals surface area contributed by atoms with E-state index >= 15 is 0 Å². The fraction of sp³-hybridized carbons (Fsp3) is 0.167. The molecule has 1 heterocycles. The molecule has 1 aromatic heterocycles. The highest BCUT2D eigenvalue weighted by Crippen LogP contribution is 2.31. The van der Waals surface area contributed by atoms with Crippen LogP contribution >= 0.6 is 27.5 Å². The zero-order chi connectivity index (χ0) is 14.0. The van der Waals surface area contributed by atoms with Crippen molar-refractivity contribution in [3.05, 3.63) is 33.4 Å². The molecule has 0 fully saturated rings. The van der Waals surface area contributed by atoms with Crippen molar-refractivity contribution >= 4 is 39.4 Å². The highest BCUT2D eigenvalue weighted by Gasteiger charge is 2.21. The van der Waals surface area contributed by atoms with E-state index in [1.54, 1.807) is 25.1 Å². The molecule has 1 aromatic carbocycles. The molecule has 0 radical (unpaired) electrons. The van der Waals surface area contributed by atoms with E-state index in [0.29, 0.717) is 10.6 Å². The number of benzene rings is 1. The molecule has 0 amide bonds. The summed E-state index contributed by atoms with van der Waals surface area (Å²) in [6.45, 7) is 1.93. The Hall–Kier alpha value is -1.53. The number of nitrogens with zero attached hydrogens (tertiary/aromatic N) is 1. The standard InChI is InChI=1S/C12H10BrClN2O3/c1-2-18-12(17)9-10(15)19-11(16-9)7-4-3-6(13)5-8(7)14/h3-5H,2,15H2,1H3. The number of hydrogen-bond donors (Lipinski definition) is 1. The summed E-state index contributed by atoms with van der Waals surface area (Å²) in [5.41, 5.74) is 6.11. The largest absolute Gasteiger partial charge is 0.461 e. The molecule has 7 heteroatoms. The Morgan fingerprint density at radius 1 is 1.58 bits per heavy atom. The SMILES string of the molecule is CCOC(=O)c1nc(-c2ccc(Br)cc2Cl)oc1N. The van der Waals surface area contributed by atoms with Gasteiger partial charge in [-0.1, -0.05) is 27.5 Å². The van der Waals surface area contributed by atoms with E-state index in [1.165, 1.54) is 0 Å². The molecule has 0 bridgehead atoms. The van der Waals surface area contributed by atoms with Gasteiger partial charge >= 0.3 is 5.97 Å². The van der Waals surface area contributed by atoms with E-state index in [0.717, 1.165) is 4.47 Å². The van der Waals surface area contributed by atoms with Crippen molar-refractivity contribution < 1.29 is 13.9 Å². The number of aromatic nitrogens is 1. The molecule has 19 heavy (non-hydrogen) atoms. The van der Waals surface area contributed by atoms with Crippen molar-refractivity contribution in [3.8, 4) is 11.5 Å². The van der Waals surface area contributed by atoms with Crippen LogP contribution in [0.1, 0.15) is 17.4 Å². The third kappa shape index (κ3) is 2.90. The number of hydrogen-bond acceptors (Lipinski definition) is 5. The van der Waals surface area contributed by atoms with Crippen LogP contribution < -0.4 is 5.73 Å². The Morgan fingerprint density at radius 3 is 2.95 bits per heavy atom. The third-order valence-corrected chi connectivity index (χ3v) is 3.09. The first kappa shape index (κ1) is 13.9. The molecule has 0 aliphatic carbocycles. The second-order valence-corrected chi connectivity index (χ2v) is 4.90. The minimum atomic E-state index is -0.622. The lowest BCUT2D eigenvalue weighted by atomic mass is 10.2. The van der Waals surface area contributed by atoms with Crippen molar-refractivity contribution in [2.45, 2.75) is 6.92 Å². The topological polar surface area (TPSA) is 78.3 Å². The first-order chi connectivity index (χ1) is 9.02. The molecule has 2 N–H and O–H groups in total. The van der Waals surface area contributed by atoms with Gasteiger partial charge < -0.3 is 14.9 Å². The third-order valence-electron chi connectivity index (χ3n) is 2.28. The van der Waals surface area contributed by atoms with Crippen LogP contribution in [0.25, 0.3) is 11.5 Å². The van der Waals surface area contributed by atoms with Crippen LogP contribution in [0.4, 0.5) is 5.88 Å². The fourth-order valence-corrected chi connectivity index (χ4v) is 2.21. The maximum absolute atomic E-state index is 11.6. The molecular formula is C12H10BrClN2O3. The minimum Gasteiger partial charge on any atom is -0.461 e. The number of anilines is 1. The van der Waals surface area contributed by atoms with Gasteiger partial charge in [0.05, 0.1) is 17.2 Å². The van der Waals surface area contributed by atoms with Gasteiger partial charge in [0.1, 0.15) is 0 Å². The summed E-state index contributed by atoms with van der Waals surface area (Å²) in [5, 5.41) is 0.436. The molecular weight excluding hydrogens is 336 g/mol. The normalized spacial score (nSPS) is 10.5. The average Bonchev–Trinajstić information content (AvgIpc) is 2.71. The van der Waals surface area contributed by atoms with Gasteiger partial charge in [0.2, 0.25) is 17.5 Å². The summed E-state index contributed by atoms with van der Waals surface area (Å²) in [7, 11) is 0. The molecule has 0 aliphatic heterocycles. The van der Waals surface area contributed by atoms with Crippen molar-refractivity contribution in [3.63, 3.8) is 0 Å². The molecule has 0 spiro atoms. The van der Waals surface area contributed by atoms with Gasteiger partial charge in [0.25, 0.3) is 0 Å². The van der Waals surface area contributed by atoms with E-state index in [2.05, 4.69) is 20.9 Å². The molecule has 0 atom stereocenters. The van der Waals surface area contributed by atoms with Crippen LogP contribution in [0.15, 0.2) is 27.1 Å². The Kier molecular flexibility index (Phi) is 4.11. The summed E-state index contributed by atoms with van der Waals surface area (Å²) in [6.07, 6.45) is 0. The second kappa shape index (κ2) is 5.63. The van der Waals surface area contributed by atoms with Crippen molar-refractivity contribution in [2.75, 3.05) is 12.3 Å². The smallest absolute Gasteiger partial charge is 0.362 e. The lowest BCUT2D eigenvalue weighted by molar-refractivity contribution is 0.0521. The van der Waals surface area contributed by atoms with Crippen LogP contribution in [-0.2, 0) is 4.74 Å². The van der Waals surface area contributed by atoms with Crippen molar-refractivity contribution in [1.29, 1.82) is 0 Å². The van der Waals surface area contributed by atoms with Gasteiger partial charge in [-0.25, -0.2) is 4.79 Å². The summed E-state index contributed by atoms with van der Waals surface area (Å²) < 4.78 is 10.9. The molecule has 0 saturated heterocycles. The molecule has 2 rings (SSSR count). The van der Waals surface area contributed by atoms with E-state index in [9.17, 15) is 4.79 Å². The zero-order valence-corrected chi connectivity index (χ0v) is 12.3. The van der Waals surface area contributed by atoms with Gasteiger partial charge in [-0.05, 0) is 25.1 Å². The maximum Gasteiger partial charge on any atom is 0.362 e. The maximum atomic E-state index is 11.6. The molecule has 2 aromatic rings. The number of nitrogen functional groups attached to an aromatic ring is 1. The van der Waals surface area contributed by atoms with Gasteiger partial charge in [-0.2, -0.15) is 4.98 Å². The first-order valence-electron chi connectivity index (χ1n) is 5.41. The number of carbonyl (C=O) groups is 1. The van der Waals surface area contributed by atoms with Crippen molar-refractivity contribution in [2.24, 2.45) is 0 Å². The first-order valence-corrected chi connectivity index (χ1v) is 6.59. The average molecular weight is 346 g/mol. The number of nitrogens with two attached hydrogens (primary N) is 1. The summed E-state index contributed by atoms with van der Waals surface area (Å²) in [6, 6.07) is 5.19. The van der Waals surface area contributed by atoms with Crippen LogP contribution in [0, 0.1) is 0 Å². The van der Waals surface area contributed by atoms with Gasteiger partial charge in [-0.15, -0.1) is 0 Å². The van der Waals surface area contributed by atoms with E-state index < -0.39 is 5.97 Å².